The largest absolute Gasteiger partial charge is 0.481 e. The van der Waals surface area contributed by atoms with Gasteiger partial charge in [-0.3, -0.25) is 9.59 Å². The highest BCUT2D eigenvalue weighted by Crippen LogP contribution is 2.00. The standard InChI is InChI=1S/C8H7N2O3/c11-7(5-8(12)13)10-6-3-1-2-4-9-6/h1-4H,5H2,(H,12,13). The van der Waals surface area contributed by atoms with Crippen LogP contribution in [0.3, 0.4) is 0 Å². The fraction of sp³-hybridized carbons (Fsp3) is 0.125. The molecule has 1 aromatic rings. The second-order valence-corrected chi connectivity index (χ2v) is 2.26. The summed E-state index contributed by atoms with van der Waals surface area (Å²) in [5.41, 5.74) is 0. The van der Waals surface area contributed by atoms with Crippen LogP contribution in [0.15, 0.2) is 24.4 Å². The zero-order valence-electron chi connectivity index (χ0n) is 6.67. The average molecular weight is 179 g/mol. The molecule has 1 N–H and O–H groups in total. The summed E-state index contributed by atoms with van der Waals surface area (Å²) in [4.78, 5) is 24.7. The first kappa shape index (κ1) is 9.18. The zero-order chi connectivity index (χ0) is 9.68. The molecule has 0 unspecified atom stereocenters. The number of nitrogens with zero attached hydrogens (tertiary/aromatic N) is 2. The van der Waals surface area contributed by atoms with Crippen LogP contribution < -0.4 is 5.32 Å². The van der Waals surface area contributed by atoms with Crippen molar-refractivity contribution < 1.29 is 14.7 Å². The summed E-state index contributed by atoms with van der Waals surface area (Å²) >= 11 is 0. The molecule has 0 bridgehead atoms. The number of carbonyl (C=O) groups is 2. The van der Waals surface area contributed by atoms with Gasteiger partial charge in [-0.2, -0.15) is 5.32 Å². The molecule has 5 heteroatoms. The van der Waals surface area contributed by atoms with Gasteiger partial charge in [-0.25, -0.2) is 4.98 Å². The van der Waals surface area contributed by atoms with Crippen molar-refractivity contribution in [1.29, 1.82) is 0 Å². The lowest BCUT2D eigenvalue weighted by molar-refractivity contribution is -0.140. The fourth-order valence-electron chi connectivity index (χ4n) is 0.717. The Kier molecular flexibility index (Phi) is 2.97. The maximum atomic E-state index is 10.8. The highest BCUT2D eigenvalue weighted by molar-refractivity contribution is 5.94. The molecule has 0 saturated heterocycles. The molecule has 1 radical (unpaired) electrons. The van der Waals surface area contributed by atoms with Gasteiger partial charge in [0.05, 0.1) is 0 Å². The Morgan fingerprint density at radius 2 is 2.23 bits per heavy atom. The van der Waals surface area contributed by atoms with Gasteiger partial charge in [-0.1, -0.05) is 6.07 Å². The summed E-state index contributed by atoms with van der Waals surface area (Å²) in [5.74, 6) is -1.66. The summed E-state index contributed by atoms with van der Waals surface area (Å²) in [6.45, 7) is 0. The first-order valence-corrected chi connectivity index (χ1v) is 3.56. The Labute approximate surface area is 74.4 Å². The maximum absolute atomic E-state index is 10.8. The van der Waals surface area contributed by atoms with Gasteiger partial charge in [-0.15, -0.1) is 0 Å². The van der Waals surface area contributed by atoms with E-state index in [9.17, 15) is 9.59 Å². The molecule has 0 fully saturated rings. The Morgan fingerprint density at radius 1 is 1.46 bits per heavy atom. The van der Waals surface area contributed by atoms with Crippen molar-refractivity contribution in [3.63, 3.8) is 0 Å². The van der Waals surface area contributed by atoms with E-state index in [1.165, 1.54) is 12.3 Å². The lowest BCUT2D eigenvalue weighted by atomic mass is 10.4. The topological polar surface area (TPSA) is 81.4 Å². The molecule has 0 aliphatic carbocycles. The third-order valence-electron chi connectivity index (χ3n) is 1.19. The number of carboxylic acids is 1. The Balaban J connectivity index is 2.50. The monoisotopic (exact) mass is 179 g/mol. The molecule has 1 aromatic heterocycles. The Bertz CT molecular complexity index is 310. The molecule has 1 rings (SSSR count). The average Bonchev–Trinajstić information content (AvgIpc) is 2.04. The van der Waals surface area contributed by atoms with Crippen LogP contribution in [0, 0.1) is 0 Å². The second-order valence-electron chi connectivity index (χ2n) is 2.26. The van der Waals surface area contributed by atoms with Crippen LogP contribution in [0.25, 0.3) is 0 Å². The minimum Gasteiger partial charge on any atom is -0.481 e. The van der Waals surface area contributed by atoms with E-state index in [-0.39, 0.29) is 5.82 Å². The van der Waals surface area contributed by atoms with Gasteiger partial charge in [0.2, 0.25) is 0 Å². The molecule has 0 spiro atoms. The Hall–Kier alpha value is -1.91. The molecule has 1 heterocycles. The van der Waals surface area contributed by atoms with E-state index in [2.05, 4.69) is 10.3 Å². The molecule has 13 heavy (non-hydrogen) atoms. The first-order valence-electron chi connectivity index (χ1n) is 3.56. The van der Waals surface area contributed by atoms with Crippen molar-refractivity contribution in [2.45, 2.75) is 6.42 Å². The van der Waals surface area contributed by atoms with Crippen molar-refractivity contribution >= 4 is 17.7 Å². The van der Waals surface area contributed by atoms with Gasteiger partial charge < -0.3 is 5.11 Å². The van der Waals surface area contributed by atoms with Gasteiger partial charge >= 0.3 is 5.97 Å². The molecule has 67 valence electrons. The van der Waals surface area contributed by atoms with Gasteiger partial charge in [-0.05, 0) is 12.1 Å². The summed E-state index contributed by atoms with van der Waals surface area (Å²) in [7, 11) is 0. The van der Waals surface area contributed by atoms with E-state index >= 15 is 0 Å². The molecule has 0 atom stereocenters. The number of aromatic nitrogens is 1. The van der Waals surface area contributed by atoms with Gasteiger partial charge in [0.25, 0.3) is 5.91 Å². The minimum atomic E-state index is -1.19. The smallest absolute Gasteiger partial charge is 0.312 e. The van der Waals surface area contributed by atoms with E-state index in [1.54, 1.807) is 12.1 Å². The Morgan fingerprint density at radius 3 is 2.77 bits per heavy atom. The molecule has 0 aliphatic rings. The SMILES string of the molecule is O=C(O)CC(=O)[N]c1ccccn1. The number of pyridine rings is 1. The quantitative estimate of drug-likeness (QED) is 0.677. The highest BCUT2D eigenvalue weighted by Gasteiger charge is 2.09. The lowest BCUT2D eigenvalue weighted by Gasteiger charge is -1.96. The number of rotatable bonds is 3. The van der Waals surface area contributed by atoms with Crippen LogP contribution >= 0.6 is 0 Å². The normalized spacial score (nSPS) is 9.23. The van der Waals surface area contributed by atoms with E-state index in [0.29, 0.717) is 0 Å². The number of amides is 1. The van der Waals surface area contributed by atoms with Crippen molar-refractivity contribution in [2.75, 3.05) is 0 Å². The van der Waals surface area contributed by atoms with Gasteiger partial charge in [0.1, 0.15) is 6.42 Å². The van der Waals surface area contributed by atoms with Crippen LogP contribution in [-0.2, 0) is 9.59 Å². The number of aliphatic carboxylic acids is 1. The third-order valence-corrected chi connectivity index (χ3v) is 1.19. The molecule has 5 nitrogen and oxygen atoms in total. The minimum absolute atomic E-state index is 0.230. The van der Waals surface area contributed by atoms with Crippen molar-refractivity contribution in [3.05, 3.63) is 24.4 Å². The van der Waals surface area contributed by atoms with Crippen LogP contribution in [0.4, 0.5) is 5.82 Å². The zero-order valence-corrected chi connectivity index (χ0v) is 6.67. The molecule has 1 amide bonds. The second kappa shape index (κ2) is 4.20. The molecular formula is C8H7N2O3. The van der Waals surface area contributed by atoms with Crippen LogP contribution in [0.1, 0.15) is 6.42 Å². The first-order chi connectivity index (χ1) is 6.18. The van der Waals surface area contributed by atoms with E-state index < -0.39 is 18.3 Å². The van der Waals surface area contributed by atoms with Crippen LogP contribution in [0.5, 0.6) is 0 Å². The van der Waals surface area contributed by atoms with Gasteiger partial charge in [0, 0.05) is 6.20 Å². The van der Waals surface area contributed by atoms with E-state index in [0.717, 1.165) is 0 Å². The van der Waals surface area contributed by atoms with Crippen molar-refractivity contribution in [2.24, 2.45) is 0 Å². The number of carbonyl (C=O) groups excluding carboxylic acids is 1. The number of hydrogen-bond acceptors (Lipinski definition) is 3. The number of hydrogen-bond donors (Lipinski definition) is 1. The van der Waals surface area contributed by atoms with E-state index in [1.807, 2.05) is 0 Å². The third kappa shape index (κ3) is 3.33. The summed E-state index contributed by atoms with van der Waals surface area (Å²) in [5, 5.41) is 11.7. The fourth-order valence-corrected chi connectivity index (χ4v) is 0.717. The van der Waals surface area contributed by atoms with Crippen LogP contribution in [0.2, 0.25) is 0 Å². The maximum Gasteiger partial charge on any atom is 0.312 e. The van der Waals surface area contributed by atoms with Crippen molar-refractivity contribution in [3.8, 4) is 0 Å². The van der Waals surface area contributed by atoms with Gasteiger partial charge in [0.15, 0.2) is 5.82 Å². The summed E-state index contributed by atoms with van der Waals surface area (Å²) in [6.07, 6.45) is 0.878. The molecular weight excluding hydrogens is 172 g/mol. The molecule has 0 saturated carbocycles. The van der Waals surface area contributed by atoms with Crippen molar-refractivity contribution in [1.82, 2.24) is 10.3 Å². The van der Waals surface area contributed by atoms with E-state index in [4.69, 9.17) is 5.11 Å². The molecule has 0 aromatic carbocycles. The predicted octanol–water partition coefficient (Wildman–Crippen LogP) is 0.319. The molecule has 0 aliphatic heterocycles. The van der Waals surface area contributed by atoms with Crippen LogP contribution in [-0.4, -0.2) is 22.0 Å². The highest BCUT2D eigenvalue weighted by atomic mass is 16.4. The lowest BCUT2D eigenvalue weighted by Crippen LogP contribution is -2.15. The summed E-state index contributed by atoms with van der Waals surface area (Å²) in [6, 6.07) is 4.88. The number of carboxylic acid groups (broad SMARTS) is 1. The summed E-state index contributed by atoms with van der Waals surface area (Å²) < 4.78 is 0. The predicted molar refractivity (Wildman–Crippen MR) is 43.3 cm³/mol.